The summed E-state index contributed by atoms with van der Waals surface area (Å²) in [6.07, 6.45) is 0. The van der Waals surface area contributed by atoms with Gasteiger partial charge in [0.05, 0.1) is 28.8 Å². The summed E-state index contributed by atoms with van der Waals surface area (Å²) in [6, 6.07) is 9.64. The van der Waals surface area contributed by atoms with Crippen LogP contribution in [0, 0.1) is 17.8 Å². The number of esters is 1. The predicted molar refractivity (Wildman–Crippen MR) is 118 cm³/mol. The number of carbonyl (C=O) groups excluding carboxylic acids is 2. The molecule has 3 rings (SSSR count). The fourth-order valence-corrected chi connectivity index (χ4v) is 5.52. The quantitative estimate of drug-likeness (QED) is 0.234. The van der Waals surface area contributed by atoms with Crippen LogP contribution in [0.1, 0.15) is 46.0 Å². The van der Waals surface area contributed by atoms with E-state index < -0.39 is 11.2 Å². The first kappa shape index (κ1) is 21.5. The lowest BCUT2D eigenvalue weighted by Gasteiger charge is -2.08. The lowest BCUT2D eigenvalue weighted by Crippen LogP contribution is -2.15. The third kappa shape index (κ3) is 4.52. The Bertz CT molecular complexity index is 1100. The Balaban J connectivity index is 1.81. The van der Waals surface area contributed by atoms with Crippen LogP contribution in [0.5, 0.6) is 0 Å². The smallest absolute Gasteiger partial charge is 0.340 e. The Morgan fingerprint density at radius 1 is 1.31 bits per heavy atom. The number of Topliss-reactive ketones (excluding diaryl/α,β-unsaturated/α-hetero) is 1. The number of aromatic amines is 1. The molecule has 6 nitrogen and oxygen atoms in total. The Hall–Kier alpha value is -2.23. The van der Waals surface area contributed by atoms with Crippen molar-refractivity contribution in [2.24, 2.45) is 0 Å². The van der Waals surface area contributed by atoms with E-state index in [4.69, 9.17) is 17.0 Å². The number of H-pyrrole nitrogens is 1. The lowest BCUT2D eigenvalue weighted by molar-refractivity contribution is 0.0525. The van der Waals surface area contributed by atoms with Crippen LogP contribution < -0.4 is 0 Å². The van der Waals surface area contributed by atoms with E-state index in [1.165, 1.54) is 23.1 Å². The topological polar surface area (TPSA) is 77.0 Å². The highest BCUT2D eigenvalue weighted by molar-refractivity contribution is 8.02. The summed E-state index contributed by atoms with van der Waals surface area (Å²) in [7, 11) is 0. The average Bonchev–Trinajstić information content (AvgIpc) is 3.20. The largest absolute Gasteiger partial charge is 0.462 e. The maximum absolute atomic E-state index is 13.0. The van der Waals surface area contributed by atoms with Crippen molar-refractivity contribution < 1.29 is 14.3 Å². The second-order valence-corrected chi connectivity index (χ2v) is 9.56. The summed E-state index contributed by atoms with van der Waals surface area (Å²) in [5.41, 5.74) is 2.98. The zero-order chi connectivity index (χ0) is 21.1. The standard InChI is InChI=1S/C20H21N3O3S3/c1-5-26-18(25)15-11(2)16(21-12(15)3)17(24)13(4)28-19-22-23(20(27)29-19)14-9-7-6-8-10-14/h6-10,13,21H,5H2,1-4H3/t13-/m0/s1. The molecular weight excluding hydrogens is 426 g/mol. The lowest BCUT2D eigenvalue weighted by atomic mass is 10.1. The van der Waals surface area contributed by atoms with E-state index in [9.17, 15) is 9.59 Å². The molecule has 29 heavy (non-hydrogen) atoms. The third-order valence-corrected chi connectivity index (χ3v) is 6.76. The zero-order valence-corrected chi connectivity index (χ0v) is 19.0. The van der Waals surface area contributed by atoms with E-state index in [-0.39, 0.29) is 12.4 Å². The summed E-state index contributed by atoms with van der Waals surface area (Å²) >= 11 is 8.14. The minimum Gasteiger partial charge on any atom is -0.462 e. The van der Waals surface area contributed by atoms with Crippen molar-refractivity contribution in [1.29, 1.82) is 0 Å². The highest BCUT2D eigenvalue weighted by Crippen LogP contribution is 2.30. The summed E-state index contributed by atoms with van der Waals surface area (Å²) in [6.45, 7) is 7.38. The molecule has 0 fully saturated rings. The number of aromatic nitrogens is 3. The van der Waals surface area contributed by atoms with Crippen LogP contribution in [0.3, 0.4) is 0 Å². The summed E-state index contributed by atoms with van der Waals surface area (Å²) < 4.78 is 8.13. The maximum atomic E-state index is 13.0. The number of nitrogens with zero attached hydrogens (tertiary/aromatic N) is 2. The van der Waals surface area contributed by atoms with Crippen LogP contribution in [0.2, 0.25) is 0 Å². The number of carbonyl (C=O) groups is 2. The normalized spacial score (nSPS) is 12.0. The van der Waals surface area contributed by atoms with Gasteiger partial charge in [-0.25, -0.2) is 9.48 Å². The van der Waals surface area contributed by atoms with E-state index in [2.05, 4.69) is 10.1 Å². The molecule has 0 aliphatic heterocycles. The van der Waals surface area contributed by atoms with E-state index in [0.717, 1.165) is 5.69 Å². The molecule has 0 saturated heterocycles. The van der Waals surface area contributed by atoms with E-state index >= 15 is 0 Å². The molecule has 0 spiro atoms. The zero-order valence-electron chi connectivity index (χ0n) is 16.5. The Labute approximate surface area is 182 Å². The average molecular weight is 448 g/mol. The fraction of sp³-hybridized carbons (Fsp3) is 0.300. The monoisotopic (exact) mass is 447 g/mol. The number of thioether (sulfide) groups is 1. The van der Waals surface area contributed by atoms with Gasteiger partial charge in [0.15, 0.2) is 14.1 Å². The van der Waals surface area contributed by atoms with Crippen LogP contribution in [-0.2, 0) is 4.74 Å². The number of rotatable bonds is 7. The van der Waals surface area contributed by atoms with Crippen molar-refractivity contribution in [3.63, 3.8) is 0 Å². The molecule has 9 heteroatoms. The first-order valence-corrected chi connectivity index (χ1v) is 11.2. The highest BCUT2D eigenvalue weighted by atomic mass is 32.2. The van der Waals surface area contributed by atoms with Gasteiger partial charge < -0.3 is 9.72 Å². The van der Waals surface area contributed by atoms with Crippen LogP contribution >= 0.6 is 35.3 Å². The second kappa shape index (κ2) is 9.06. The molecule has 0 saturated carbocycles. The van der Waals surface area contributed by atoms with Gasteiger partial charge in [-0.05, 0) is 57.6 Å². The third-order valence-electron chi connectivity index (χ3n) is 4.34. The molecule has 0 radical (unpaired) electrons. The van der Waals surface area contributed by atoms with Crippen molar-refractivity contribution in [2.75, 3.05) is 6.61 Å². The van der Waals surface area contributed by atoms with Crippen LogP contribution in [0.15, 0.2) is 34.7 Å². The highest BCUT2D eigenvalue weighted by Gasteiger charge is 2.27. The molecule has 0 aliphatic rings. The Morgan fingerprint density at radius 3 is 2.66 bits per heavy atom. The second-order valence-electron chi connectivity index (χ2n) is 6.35. The van der Waals surface area contributed by atoms with Crippen LogP contribution in [0.25, 0.3) is 5.69 Å². The molecule has 0 aliphatic carbocycles. The molecule has 0 bridgehead atoms. The van der Waals surface area contributed by atoms with Gasteiger partial charge in [0.25, 0.3) is 0 Å². The molecule has 1 aromatic carbocycles. The molecule has 0 amide bonds. The van der Waals surface area contributed by atoms with Crippen molar-refractivity contribution in [3.8, 4) is 5.69 Å². The number of para-hydroxylation sites is 1. The molecule has 1 N–H and O–H groups in total. The van der Waals surface area contributed by atoms with Crippen molar-refractivity contribution >= 4 is 47.1 Å². The van der Waals surface area contributed by atoms with Crippen LogP contribution in [0.4, 0.5) is 0 Å². The minimum atomic E-state index is -0.419. The van der Waals surface area contributed by atoms with Gasteiger partial charge in [0, 0.05) is 5.69 Å². The summed E-state index contributed by atoms with van der Waals surface area (Å²) in [5, 5.41) is 4.15. The van der Waals surface area contributed by atoms with Gasteiger partial charge in [-0.2, -0.15) is 0 Å². The van der Waals surface area contributed by atoms with Crippen molar-refractivity contribution in [3.05, 3.63) is 56.8 Å². The maximum Gasteiger partial charge on any atom is 0.340 e. The molecular formula is C20H21N3O3S3. The molecule has 3 aromatic rings. The number of ketones is 1. The van der Waals surface area contributed by atoms with Gasteiger partial charge in [-0.1, -0.05) is 41.3 Å². The predicted octanol–water partition coefficient (Wildman–Crippen LogP) is 5.15. The molecule has 2 aromatic heterocycles. The van der Waals surface area contributed by atoms with E-state index in [1.807, 2.05) is 37.3 Å². The van der Waals surface area contributed by atoms with Crippen molar-refractivity contribution in [2.45, 2.75) is 37.3 Å². The van der Waals surface area contributed by atoms with Gasteiger partial charge in [0.1, 0.15) is 0 Å². The Kier molecular flexibility index (Phi) is 6.71. The van der Waals surface area contributed by atoms with Crippen molar-refractivity contribution in [1.82, 2.24) is 14.8 Å². The molecule has 2 heterocycles. The number of aryl methyl sites for hydroxylation is 1. The number of hydrogen-bond donors (Lipinski definition) is 1. The summed E-state index contributed by atoms with van der Waals surface area (Å²) in [4.78, 5) is 28.2. The first-order valence-electron chi connectivity index (χ1n) is 9.06. The van der Waals surface area contributed by atoms with Crippen LogP contribution in [-0.4, -0.2) is 38.4 Å². The number of hydrogen-bond acceptors (Lipinski definition) is 7. The number of ether oxygens (including phenoxy) is 1. The summed E-state index contributed by atoms with van der Waals surface area (Å²) in [5.74, 6) is -0.517. The van der Waals surface area contributed by atoms with Gasteiger partial charge in [-0.3, -0.25) is 4.79 Å². The first-order chi connectivity index (χ1) is 13.8. The van der Waals surface area contributed by atoms with E-state index in [1.54, 1.807) is 25.5 Å². The fourth-order valence-electron chi connectivity index (χ4n) is 2.95. The minimum absolute atomic E-state index is 0.0986. The van der Waals surface area contributed by atoms with Gasteiger partial charge >= 0.3 is 5.97 Å². The molecule has 0 unspecified atom stereocenters. The molecule has 152 valence electrons. The van der Waals surface area contributed by atoms with Gasteiger partial charge in [-0.15, -0.1) is 5.10 Å². The Morgan fingerprint density at radius 2 is 2.00 bits per heavy atom. The number of benzene rings is 1. The number of nitrogens with one attached hydrogen (secondary N) is 1. The van der Waals surface area contributed by atoms with E-state index in [0.29, 0.717) is 30.8 Å². The SMILES string of the molecule is CCOC(=O)c1c(C)[nH]c(C(=O)[C@H](C)Sc2nn(-c3ccccc3)c(=S)s2)c1C. The van der Waals surface area contributed by atoms with Gasteiger partial charge in [0.2, 0.25) is 0 Å². The molecule has 1 atom stereocenters.